The van der Waals surface area contributed by atoms with E-state index in [2.05, 4.69) is 34.5 Å². The molecule has 2 heterocycles. The number of aromatic nitrogens is 3. The van der Waals surface area contributed by atoms with Gasteiger partial charge in [0, 0.05) is 18.9 Å². The van der Waals surface area contributed by atoms with Crippen LogP contribution in [0.1, 0.15) is 30.5 Å². The van der Waals surface area contributed by atoms with Crippen LogP contribution in [0.15, 0.2) is 42.7 Å². The van der Waals surface area contributed by atoms with Gasteiger partial charge in [0.15, 0.2) is 5.82 Å². The van der Waals surface area contributed by atoms with Crippen molar-refractivity contribution in [3.63, 3.8) is 0 Å². The highest BCUT2D eigenvalue weighted by atomic mass is 16.5. The van der Waals surface area contributed by atoms with E-state index < -0.39 is 0 Å². The summed E-state index contributed by atoms with van der Waals surface area (Å²) in [5.74, 6) is 2.25. The second-order valence-electron chi connectivity index (χ2n) is 5.78. The first-order chi connectivity index (χ1) is 11.2. The molecule has 2 aromatic heterocycles. The van der Waals surface area contributed by atoms with Gasteiger partial charge in [0.1, 0.15) is 11.3 Å². The van der Waals surface area contributed by atoms with Crippen LogP contribution in [-0.2, 0) is 0 Å². The molecule has 5 nitrogen and oxygen atoms in total. The van der Waals surface area contributed by atoms with Crippen molar-refractivity contribution in [1.82, 2.24) is 14.6 Å². The summed E-state index contributed by atoms with van der Waals surface area (Å²) in [4.78, 5) is 4.42. The smallest absolute Gasteiger partial charge is 0.152 e. The van der Waals surface area contributed by atoms with Crippen molar-refractivity contribution in [1.29, 1.82) is 0 Å². The maximum Gasteiger partial charge on any atom is 0.152 e. The van der Waals surface area contributed by atoms with Gasteiger partial charge in [0.25, 0.3) is 0 Å². The lowest BCUT2D eigenvalue weighted by molar-refractivity contribution is 0.414. The van der Waals surface area contributed by atoms with Gasteiger partial charge in [-0.05, 0) is 43.0 Å². The van der Waals surface area contributed by atoms with Gasteiger partial charge in [-0.2, -0.15) is 5.10 Å². The molecule has 3 aromatic rings. The first-order valence-corrected chi connectivity index (χ1v) is 7.86. The van der Waals surface area contributed by atoms with Crippen LogP contribution in [0.2, 0.25) is 0 Å². The fraction of sp³-hybridized carbons (Fsp3) is 0.333. The van der Waals surface area contributed by atoms with E-state index in [4.69, 9.17) is 4.74 Å². The zero-order valence-corrected chi connectivity index (χ0v) is 13.8. The van der Waals surface area contributed by atoms with E-state index in [0.717, 1.165) is 35.7 Å². The molecule has 3 rings (SSSR count). The maximum absolute atomic E-state index is 5.20. The summed E-state index contributed by atoms with van der Waals surface area (Å²) in [5.41, 5.74) is 3.33. The monoisotopic (exact) mass is 310 g/mol. The molecule has 120 valence electrons. The Hall–Kier alpha value is -2.56. The van der Waals surface area contributed by atoms with Crippen LogP contribution in [0.25, 0.3) is 5.52 Å². The molecule has 1 N–H and O–H groups in total. The Labute approximate surface area is 136 Å². The van der Waals surface area contributed by atoms with Crippen LogP contribution in [0.4, 0.5) is 5.82 Å². The first-order valence-electron chi connectivity index (χ1n) is 7.86. The molecule has 0 spiro atoms. The van der Waals surface area contributed by atoms with Crippen LogP contribution in [0.3, 0.4) is 0 Å². The van der Waals surface area contributed by atoms with Crippen molar-refractivity contribution in [3.8, 4) is 5.75 Å². The molecule has 0 fully saturated rings. The number of nitrogens with zero attached hydrogens (tertiary/aromatic N) is 3. The topological polar surface area (TPSA) is 51.5 Å². The maximum atomic E-state index is 5.20. The van der Waals surface area contributed by atoms with Crippen molar-refractivity contribution in [2.75, 3.05) is 19.0 Å². The van der Waals surface area contributed by atoms with E-state index >= 15 is 0 Å². The summed E-state index contributed by atoms with van der Waals surface area (Å²) >= 11 is 0. The van der Waals surface area contributed by atoms with Crippen molar-refractivity contribution < 1.29 is 4.74 Å². The number of rotatable bonds is 6. The molecule has 23 heavy (non-hydrogen) atoms. The summed E-state index contributed by atoms with van der Waals surface area (Å²) in [6, 6.07) is 10.3. The lowest BCUT2D eigenvalue weighted by Gasteiger charge is -2.13. The number of fused-ring (bicyclic) bond motifs is 1. The highest BCUT2D eigenvalue weighted by Gasteiger charge is 2.08. The van der Waals surface area contributed by atoms with Crippen LogP contribution < -0.4 is 10.1 Å². The van der Waals surface area contributed by atoms with Gasteiger partial charge < -0.3 is 10.1 Å². The number of nitrogens with one attached hydrogen (secondary N) is 1. The molecule has 0 aliphatic carbocycles. The Kier molecular flexibility index (Phi) is 4.46. The second-order valence-corrected chi connectivity index (χ2v) is 5.78. The summed E-state index contributed by atoms with van der Waals surface area (Å²) < 4.78 is 7.06. The third kappa shape index (κ3) is 3.44. The Balaban J connectivity index is 1.61. The molecule has 0 bridgehead atoms. The largest absolute Gasteiger partial charge is 0.497 e. The normalized spacial score (nSPS) is 12.3. The molecule has 5 heteroatoms. The lowest BCUT2D eigenvalue weighted by Crippen LogP contribution is -2.08. The van der Waals surface area contributed by atoms with Crippen LogP contribution in [0, 0.1) is 6.92 Å². The van der Waals surface area contributed by atoms with Crippen molar-refractivity contribution in [3.05, 3.63) is 54.0 Å². The van der Waals surface area contributed by atoms with Crippen LogP contribution >= 0.6 is 0 Å². The molecular formula is C18H22N4O. The first kappa shape index (κ1) is 15.3. The van der Waals surface area contributed by atoms with Gasteiger partial charge in [-0.3, -0.25) is 0 Å². The van der Waals surface area contributed by atoms with Gasteiger partial charge in [0.05, 0.1) is 12.8 Å². The quantitative estimate of drug-likeness (QED) is 0.755. The standard InChI is InChI=1S/C18H22N4O/c1-13(15-4-6-16(23-3)7-5-15)8-9-19-18-17-12-14(2)21-22(17)11-10-20-18/h4-7,10-13H,8-9H2,1-3H3,(H,19,20). The Morgan fingerprint density at radius 3 is 2.78 bits per heavy atom. The van der Waals surface area contributed by atoms with Gasteiger partial charge in [0.2, 0.25) is 0 Å². The molecule has 0 aliphatic rings. The summed E-state index contributed by atoms with van der Waals surface area (Å²) in [6.45, 7) is 5.09. The van der Waals surface area contributed by atoms with E-state index in [-0.39, 0.29) is 0 Å². The number of hydrogen-bond donors (Lipinski definition) is 1. The number of ether oxygens (including phenoxy) is 1. The second kappa shape index (κ2) is 6.69. The molecule has 1 unspecified atom stereocenters. The number of anilines is 1. The van der Waals surface area contributed by atoms with Gasteiger partial charge in [-0.1, -0.05) is 19.1 Å². The highest BCUT2D eigenvalue weighted by molar-refractivity contribution is 5.67. The molecule has 1 atom stereocenters. The zero-order valence-electron chi connectivity index (χ0n) is 13.8. The minimum atomic E-state index is 0.472. The molecule has 0 radical (unpaired) electrons. The van der Waals surface area contributed by atoms with Crippen molar-refractivity contribution >= 4 is 11.3 Å². The third-order valence-corrected chi connectivity index (χ3v) is 4.07. The SMILES string of the molecule is COc1ccc(C(C)CCNc2nccn3nc(C)cc23)cc1. The van der Waals surface area contributed by atoms with Gasteiger partial charge in [-0.15, -0.1) is 0 Å². The number of benzene rings is 1. The number of hydrogen-bond acceptors (Lipinski definition) is 4. The Morgan fingerprint density at radius 2 is 2.04 bits per heavy atom. The van der Waals surface area contributed by atoms with E-state index in [9.17, 15) is 0 Å². The Bertz CT molecular complexity index is 779. The zero-order chi connectivity index (χ0) is 16.2. The summed E-state index contributed by atoms with van der Waals surface area (Å²) in [6.07, 6.45) is 4.67. The Morgan fingerprint density at radius 1 is 1.26 bits per heavy atom. The van der Waals surface area contributed by atoms with E-state index in [1.54, 1.807) is 13.3 Å². The molecule has 1 aromatic carbocycles. The minimum absolute atomic E-state index is 0.472. The number of methoxy groups -OCH3 is 1. The summed E-state index contributed by atoms with van der Waals surface area (Å²) in [7, 11) is 1.69. The van der Waals surface area contributed by atoms with E-state index in [0.29, 0.717) is 5.92 Å². The fourth-order valence-electron chi connectivity index (χ4n) is 2.69. The predicted octanol–water partition coefficient (Wildman–Crippen LogP) is 3.65. The minimum Gasteiger partial charge on any atom is -0.497 e. The average Bonchev–Trinajstić information content (AvgIpc) is 2.96. The highest BCUT2D eigenvalue weighted by Crippen LogP contribution is 2.22. The molecule has 0 saturated heterocycles. The third-order valence-electron chi connectivity index (χ3n) is 4.07. The van der Waals surface area contributed by atoms with Gasteiger partial charge in [-0.25, -0.2) is 9.50 Å². The van der Waals surface area contributed by atoms with Crippen molar-refractivity contribution in [2.24, 2.45) is 0 Å². The molecule has 0 amide bonds. The van der Waals surface area contributed by atoms with Crippen LogP contribution in [-0.4, -0.2) is 28.3 Å². The van der Waals surface area contributed by atoms with E-state index in [1.165, 1.54) is 5.56 Å². The molecule has 0 saturated carbocycles. The number of aryl methyl sites for hydroxylation is 1. The lowest BCUT2D eigenvalue weighted by atomic mass is 9.98. The summed E-state index contributed by atoms with van der Waals surface area (Å²) in [5, 5.41) is 7.83. The predicted molar refractivity (Wildman–Crippen MR) is 92.2 cm³/mol. The van der Waals surface area contributed by atoms with Gasteiger partial charge >= 0.3 is 0 Å². The molecule has 0 aliphatic heterocycles. The van der Waals surface area contributed by atoms with Crippen LogP contribution in [0.5, 0.6) is 5.75 Å². The molecular weight excluding hydrogens is 288 g/mol. The fourth-order valence-corrected chi connectivity index (χ4v) is 2.69. The van der Waals surface area contributed by atoms with Crippen molar-refractivity contribution in [2.45, 2.75) is 26.2 Å². The van der Waals surface area contributed by atoms with E-state index in [1.807, 2.05) is 35.8 Å². The average molecular weight is 310 g/mol.